The third-order valence-corrected chi connectivity index (χ3v) is 11.6. The Hall–Kier alpha value is -6.09. The maximum atomic E-state index is 13.6. The summed E-state index contributed by atoms with van der Waals surface area (Å²) in [6.45, 7) is 3.34. The Kier molecular flexibility index (Phi) is 13.5. The van der Waals surface area contributed by atoms with Crippen LogP contribution in [0.4, 0.5) is 5.69 Å². The number of aliphatic hydroxyl groups is 2. The van der Waals surface area contributed by atoms with E-state index >= 15 is 0 Å². The lowest BCUT2D eigenvalue weighted by Crippen LogP contribution is -2.42. The molecule has 0 saturated carbocycles. The van der Waals surface area contributed by atoms with Crippen LogP contribution in [0.15, 0.2) is 96.0 Å². The van der Waals surface area contributed by atoms with Crippen molar-refractivity contribution in [3.05, 3.63) is 124 Å². The summed E-state index contributed by atoms with van der Waals surface area (Å²) in [4.78, 5) is 49.3. The lowest BCUT2D eigenvalue weighted by Gasteiger charge is -2.32. The summed E-state index contributed by atoms with van der Waals surface area (Å²) >= 11 is 6.22. The van der Waals surface area contributed by atoms with Crippen molar-refractivity contribution in [1.82, 2.24) is 15.1 Å². The molecular weight excluding hydrogens is 798 g/mol. The topological polar surface area (TPSA) is 192 Å². The van der Waals surface area contributed by atoms with E-state index in [9.17, 15) is 30.0 Å². The van der Waals surface area contributed by atoms with E-state index in [1.165, 1.54) is 9.80 Å². The minimum atomic E-state index is -0.936. The molecule has 2 fully saturated rings. The normalized spacial score (nSPS) is 19.2. The van der Waals surface area contributed by atoms with Gasteiger partial charge in [0.05, 0.1) is 50.2 Å². The third-order valence-electron chi connectivity index (χ3n) is 11.3. The first-order chi connectivity index (χ1) is 29.4. The second-order valence-electron chi connectivity index (χ2n) is 15.5. The first-order valence-corrected chi connectivity index (χ1v) is 20.7. The number of amides is 3. The summed E-state index contributed by atoms with van der Waals surface area (Å²) in [5, 5.41) is 40.8. The zero-order valence-corrected chi connectivity index (χ0v) is 34.9. The number of halogens is 1. The molecule has 0 bridgehead atoms. The number of aliphatic imine (C=N–C) groups is 1. The van der Waals surface area contributed by atoms with Crippen LogP contribution in [0.5, 0.6) is 11.5 Å². The van der Waals surface area contributed by atoms with Gasteiger partial charge >= 0.3 is 0 Å². The minimum absolute atomic E-state index is 0.0116. The van der Waals surface area contributed by atoms with Crippen molar-refractivity contribution in [3.8, 4) is 11.5 Å². The highest BCUT2D eigenvalue weighted by molar-refractivity contribution is 6.31. The number of piperidine rings is 1. The molecule has 0 aromatic heterocycles. The van der Waals surface area contributed by atoms with Gasteiger partial charge in [0.2, 0.25) is 11.8 Å². The number of benzene rings is 4. The van der Waals surface area contributed by atoms with E-state index in [0.717, 1.165) is 29.5 Å². The third kappa shape index (κ3) is 10.1. The van der Waals surface area contributed by atoms with Gasteiger partial charge in [0.25, 0.3) is 5.91 Å². The second kappa shape index (κ2) is 19.1. The molecular formula is C46H50ClN7O7. The average Bonchev–Trinajstić information content (AvgIpc) is 3.56. The van der Waals surface area contributed by atoms with E-state index in [1.54, 1.807) is 62.6 Å². The molecule has 4 aromatic rings. The number of β-amino-alcohol motifs (C(OH)–C–C–N with tert-alkyl or cyclic N) is 2. The van der Waals surface area contributed by atoms with Crippen LogP contribution < -0.4 is 19.7 Å². The number of carbonyl (C=O) groups is 3. The number of anilines is 1. The highest BCUT2D eigenvalue weighted by Gasteiger charge is 2.34. The first-order valence-electron chi connectivity index (χ1n) is 20.4. The minimum Gasteiger partial charge on any atom is -0.497 e. The van der Waals surface area contributed by atoms with Crippen molar-refractivity contribution >= 4 is 52.4 Å². The molecule has 0 radical (unpaired) electrons. The summed E-state index contributed by atoms with van der Waals surface area (Å²) < 4.78 is 11.3. The molecule has 15 heteroatoms. The average molecular weight is 848 g/mol. The lowest BCUT2D eigenvalue weighted by atomic mass is 9.88. The molecule has 0 spiro atoms. The number of amidine groups is 2. The fourth-order valence-electron chi connectivity index (χ4n) is 8.04. The number of fused-ring (bicyclic) bond motifs is 1. The monoisotopic (exact) mass is 847 g/mol. The van der Waals surface area contributed by atoms with Crippen LogP contribution in [0.25, 0.3) is 0 Å². The van der Waals surface area contributed by atoms with Crippen LogP contribution in [-0.2, 0) is 16.1 Å². The fourth-order valence-corrected chi connectivity index (χ4v) is 8.17. The number of nitrogens with one attached hydrogen (secondary N) is 3. The zero-order valence-electron chi connectivity index (χ0n) is 34.1. The largest absolute Gasteiger partial charge is 0.497 e. The number of benzodiazepines with no additional fused rings is 1. The van der Waals surface area contributed by atoms with E-state index in [2.05, 4.69) is 17.4 Å². The van der Waals surface area contributed by atoms with Gasteiger partial charge in [-0.25, -0.2) is 0 Å². The van der Waals surface area contributed by atoms with Gasteiger partial charge in [-0.2, -0.15) is 0 Å². The zero-order chi connectivity index (χ0) is 43.2. The molecule has 318 valence electrons. The molecule has 2 saturated heterocycles. The fraction of sp³-hybridized carbons (Fsp3) is 0.348. The van der Waals surface area contributed by atoms with E-state index in [1.807, 2.05) is 35.2 Å². The molecule has 0 aliphatic carbocycles. The molecule has 3 heterocycles. The maximum absolute atomic E-state index is 13.6. The smallest absolute Gasteiger partial charge is 0.253 e. The predicted octanol–water partition coefficient (Wildman–Crippen LogP) is 5.41. The van der Waals surface area contributed by atoms with Gasteiger partial charge in [-0.3, -0.25) is 35.1 Å². The van der Waals surface area contributed by atoms with E-state index in [-0.39, 0.29) is 74.4 Å². The van der Waals surface area contributed by atoms with Gasteiger partial charge in [-0.05, 0) is 85.3 Å². The SMILES string of the molecule is COc1ccc2c(c1)C(c1ccc(Cl)cc1)=N[C@@H](CC(=O)NCc1cccc(C3CCN(C(=O)c4cccc(OCCC(=O)N5C[C@@H](O)[C@@H](O)C5)c4)CC3)c1)C(=N)N2C(C)=N. The Labute approximate surface area is 359 Å². The summed E-state index contributed by atoms with van der Waals surface area (Å²) in [6, 6.07) is 26.8. The molecule has 5 N–H and O–H groups in total. The Morgan fingerprint density at radius 3 is 2.33 bits per heavy atom. The number of methoxy groups -OCH3 is 1. The van der Waals surface area contributed by atoms with Crippen LogP contribution in [0.1, 0.15) is 71.1 Å². The first kappa shape index (κ1) is 43.0. The molecule has 7 rings (SSSR count). The predicted molar refractivity (Wildman–Crippen MR) is 233 cm³/mol. The van der Waals surface area contributed by atoms with Crippen molar-refractivity contribution in [1.29, 1.82) is 10.8 Å². The number of nitrogens with zero attached hydrogens (tertiary/aromatic N) is 4. The molecule has 3 aliphatic rings. The summed E-state index contributed by atoms with van der Waals surface area (Å²) in [5.41, 5.74) is 5.13. The number of carbonyl (C=O) groups excluding carboxylic acids is 3. The quantitative estimate of drug-likeness (QED) is 0.0924. The van der Waals surface area contributed by atoms with Crippen LogP contribution in [0, 0.1) is 10.8 Å². The number of hydrogen-bond acceptors (Lipinski definition) is 10. The molecule has 14 nitrogen and oxygen atoms in total. The van der Waals surface area contributed by atoms with Gasteiger partial charge in [0.1, 0.15) is 29.2 Å². The van der Waals surface area contributed by atoms with E-state index < -0.39 is 18.2 Å². The van der Waals surface area contributed by atoms with E-state index in [4.69, 9.17) is 31.5 Å². The summed E-state index contributed by atoms with van der Waals surface area (Å²) in [7, 11) is 1.57. The molecule has 3 amide bonds. The number of rotatable bonds is 12. The van der Waals surface area contributed by atoms with Crippen LogP contribution in [0.2, 0.25) is 5.02 Å². The van der Waals surface area contributed by atoms with Crippen molar-refractivity contribution in [2.45, 2.75) is 63.3 Å². The molecule has 3 atom stereocenters. The van der Waals surface area contributed by atoms with Gasteiger partial charge in [-0.1, -0.05) is 54.1 Å². The molecule has 4 aromatic carbocycles. The number of likely N-dealkylation sites (tertiary alicyclic amines) is 2. The number of hydrogen-bond donors (Lipinski definition) is 5. The Bertz CT molecular complexity index is 2320. The summed E-state index contributed by atoms with van der Waals surface area (Å²) in [6.07, 6.45) is -0.349. The van der Waals surface area contributed by atoms with Crippen LogP contribution in [-0.4, -0.2) is 113 Å². The molecule has 61 heavy (non-hydrogen) atoms. The molecule has 3 aliphatic heterocycles. The van der Waals surface area contributed by atoms with Crippen molar-refractivity contribution in [2.75, 3.05) is 44.8 Å². The Balaban J connectivity index is 0.944. The Morgan fingerprint density at radius 1 is 0.902 bits per heavy atom. The van der Waals surface area contributed by atoms with Gasteiger partial charge in [0.15, 0.2) is 0 Å². The highest BCUT2D eigenvalue weighted by atomic mass is 35.5. The van der Waals surface area contributed by atoms with E-state index in [0.29, 0.717) is 52.1 Å². The number of ether oxygens (including phenoxy) is 2. The van der Waals surface area contributed by atoms with Crippen molar-refractivity contribution in [3.63, 3.8) is 0 Å². The number of aliphatic hydroxyl groups excluding tert-OH is 2. The highest BCUT2D eigenvalue weighted by Crippen LogP contribution is 2.34. The standard InChI is InChI=1S/C46H50ClN7O7/c1-28(48)54-39-14-13-35(60-2)23-37(39)44(31-9-11-34(47)12-10-31)51-38(45(54)49)24-42(57)50-25-29-5-3-6-32(21-29)30-15-18-52(19-16-30)46(59)33-7-4-8-36(22-33)61-20-17-43(58)53-26-40(55)41(56)27-53/h3-14,21-23,30,38,40-41,48-49,55-56H,15-20,24-27H2,1-2H3,(H,50,57)/t38-,40-,41+/m0/s1. The van der Waals surface area contributed by atoms with Crippen molar-refractivity contribution in [2.24, 2.45) is 4.99 Å². The van der Waals surface area contributed by atoms with Gasteiger partial charge in [-0.15, -0.1) is 0 Å². The maximum Gasteiger partial charge on any atom is 0.253 e. The van der Waals surface area contributed by atoms with Gasteiger partial charge < -0.3 is 34.8 Å². The lowest BCUT2D eigenvalue weighted by molar-refractivity contribution is -0.131. The van der Waals surface area contributed by atoms with Crippen LogP contribution >= 0.6 is 11.6 Å². The van der Waals surface area contributed by atoms with Crippen LogP contribution in [0.3, 0.4) is 0 Å². The van der Waals surface area contributed by atoms with Crippen molar-refractivity contribution < 1.29 is 34.1 Å². The summed E-state index contributed by atoms with van der Waals surface area (Å²) in [5.74, 6) is 0.837. The Morgan fingerprint density at radius 2 is 1.62 bits per heavy atom. The molecule has 0 unspecified atom stereocenters. The van der Waals surface area contributed by atoms with Gasteiger partial charge in [0, 0.05) is 54.4 Å². The second-order valence-corrected chi connectivity index (χ2v) is 16.0.